The van der Waals surface area contributed by atoms with Gasteiger partial charge in [0.15, 0.2) is 0 Å². The van der Waals surface area contributed by atoms with Gasteiger partial charge in [-0.3, -0.25) is 0 Å². The number of hydrogen-bond donors (Lipinski definition) is 0. The van der Waals surface area contributed by atoms with Crippen LogP contribution in [0.5, 0.6) is 0 Å². The average molecular weight is 321 g/mol. The third-order valence-electron chi connectivity index (χ3n) is 6.37. The van der Waals surface area contributed by atoms with Gasteiger partial charge >= 0.3 is 0 Å². The summed E-state index contributed by atoms with van der Waals surface area (Å²) in [6.07, 6.45) is 3.85. The first-order valence-electron chi connectivity index (χ1n) is 9.17. The molecule has 0 aromatic heterocycles. The predicted molar refractivity (Wildman–Crippen MR) is 102 cm³/mol. The van der Waals surface area contributed by atoms with E-state index in [1.54, 1.807) is 27.4 Å². The first-order valence-corrected chi connectivity index (χ1v) is 12.2. The van der Waals surface area contributed by atoms with Crippen molar-refractivity contribution in [1.29, 1.82) is 0 Å². The molecule has 1 heteroatoms. The Morgan fingerprint density at radius 3 is 2.39 bits per heavy atom. The third kappa shape index (κ3) is 2.32. The number of benzene rings is 2. The van der Waals surface area contributed by atoms with E-state index in [0.717, 1.165) is 17.4 Å². The van der Waals surface area contributed by atoms with Gasteiger partial charge in [0.1, 0.15) is 0 Å². The summed E-state index contributed by atoms with van der Waals surface area (Å²) in [5.74, 6) is 1.60. The maximum Gasteiger partial charge on any atom is 0.0886 e. The Balaban J connectivity index is 1.82. The summed E-state index contributed by atoms with van der Waals surface area (Å²) in [7, 11) is -1.55. The maximum absolute atomic E-state index is 2.62. The molecule has 2 aliphatic carbocycles. The van der Waals surface area contributed by atoms with Gasteiger partial charge in [0, 0.05) is 0 Å². The second-order valence-corrected chi connectivity index (χ2v) is 13.1. The lowest BCUT2D eigenvalue weighted by molar-refractivity contribution is 0.594. The molecule has 0 saturated carbocycles. The van der Waals surface area contributed by atoms with Crippen LogP contribution in [-0.2, 0) is 19.3 Å². The zero-order valence-electron chi connectivity index (χ0n) is 14.9. The Labute approximate surface area is 142 Å². The van der Waals surface area contributed by atoms with Crippen LogP contribution in [0.3, 0.4) is 0 Å². The molecule has 4 rings (SSSR count). The molecule has 0 amide bonds. The van der Waals surface area contributed by atoms with Crippen LogP contribution in [0.25, 0.3) is 0 Å². The highest BCUT2D eigenvalue weighted by molar-refractivity contribution is 6.91. The van der Waals surface area contributed by atoms with Crippen molar-refractivity contribution in [3.05, 3.63) is 64.7 Å². The zero-order valence-corrected chi connectivity index (χ0v) is 15.9. The van der Waals surface area contributed by atoms with E-state index in [1.807, 2.05) is 0 Å². The summed E-state index contributed by atoms with van der Waals surface area (Å²) in [6.45, 7) is 10.1. The van der Waals surface area contributed by atoms with Gasteiger partial charge in [-0.25, -0.2) is 0 Å². The fourth-order valence-electron chi connectivity index (χ4n) is 5.53. The molecule has 0 radical (unpaired) electrons. The van der Waals surface area contributed by atoms with Crippen LogP contribution in [0.4, 0.5) is 0 Å². The smallest absolute Gasteiger partial charge is 0.0650 e. The second kappa shape index (κ2) is 5.34. The van der Waals surface area contributed by atoms with E-state index in [0.29, 0.717) is 0 Å². The molecule has 0 bridgehead atoms. The summed E-state index contributed by atoms with van der Waals surface area (Å²) < 4.78 is 0. The summed E-state index contributed by atoms with van der Waals surface area (Å²) >= 11 is 0. The van der Waals surface area contributed by atoms with Crippen molar-refractivity contribution < 1.29 is 0 Å². The molecule has 0 aliphatic heterocycles. The fourth-order valence-corrected chi connectivity index (χ4v) is 10.0. The summed E-state index contributed by atoms with van der Waals surface area (Å²) in [6, 6.07) is 16.4. The summed E-state index contributed by atoms with van der Waals surface area (Å²) in [4.78, 5) is 0. The lowest BCUT2D eigenvalue weighted by Gasteiger charge is -2.35. The van der Waals surface area contributed by atoms with E-state index < -0.39 is 8.07 Å². The molecule has 120 valence electrons. The molecule has 0 heterocycles. The molecule has 0 nitrogen and oxygen atoms in total. The van der Waals surface area contributed by atoms with Gasteiger partial charge in [0.05, 0.1) is 8.07 Å². The predicted octanol–water partition coefficient (Wildman–Crippen LogP) is 4.85. The van der Waals surface area contributed by atoms with Crippen LogP contribution in [-0.4, -0.2) is 8.07 Å². The normalized spacial score (nSPS) is 26.2. The van der Waals surface area contributed by atoms with Crippen LogP contribution in [0.15, 0.2) is 42.5 Å². The summed E-state index contributed by atoms with van der Waals surface area (Å²) in [5, 5.41) is 1.74. The zero-order chi connectivity index (χ0) is 16.2. The Morgan fingerprint density at radius 1 is 0.826 bits per heavy atom. The van der Waals surface area contributed by atoms with Gasteiger partial charge in [-0.15, -0.1) is 0 Å². The van der Waals surface area contributed by atoms with Crippen LogP contribution in [0.2, 0.25) is 13.1 Å². The molecule has 23 heavy (non-hydrogen) atoms. The second-order valence-electron chi connectivity index (χ2n) is 8.54. The molecule has 0 fully saturated rings. The average Bonchev–Trinajstić information content (AvgIpc) is 3.04. The Hall–Kier alpha value is -1.34. The lowest BCUT2D eigenvalue weighted by Crippen LogP contribution is -2.50. The standard InChI is InChI=1S/C22H28Si/c1-15-12-17-9-7-11-21(20(17)13-15)23(3,4)22-16(2)14-18-8-5-6-10-19(18)22/h5-11,15-16,22H,12-14H2,1-4H3/t15?,16?,22-/m0/s1. The van der Waals surface area contributed by atoms with Gasteiger partial charge in [-0.2, -0.15) is 0 Å². The Bertz CT molecular complexity index is 743. The molecule has 2 aliphatic rings. The quantitative estimate of drug-likeness (QED) is 0.694. The first kappa shape index (κ1) is 15.2. The SMILES string of the molecule is CC1Cc2cccc([Si](C)(C)[C@@H]3c4ccccc4CC3C)c2C1. The van der Waals surface area contributed by atoms with Crippen LogP contribution in [0.1, 0.15) is 41.6 Å². The topological polar surface area (TPSA) is 0 Å². The summed E-state index contributed by atoms with van der Waals surface area (Å²) in [5.41, 5.74) is 7.37. The van der Waals surface area contributed by atoms with Gasteiger partial charge in [0.25, 0.3) is 0 Å². The van der Waals surface area contributed by atoms with Gasteiger partial charge in [0.2, 0.25) is 0 Å². The van der Waals surface area contributed by atoms with Crippen molar-refractivity contribution >= 4 is 13.3 Å². The first-order chi connectivity index (χ1) is 11.0. The largest absolute Gasteiger partial charge is 0.0886 e. The van der Waals surface area contributed by atoms with Gasteiger partial charge < -0.3 is 0 Å². The van der Waals surface area contributed by atoms with E-state index in [2.05, 4.69) is 69.4 Å². The minimum absolute atomic E-state index is 0.765. The van der Waals surface area contributed by atoms with E-state index in [-0.39, 0.29) is 0 Å². The van der Waals surface area contributed by atoms with E-state index in [1.165, 1.54) is 19.3 Å². The van der Waals surface area contributed by atoms with E-state index in [9.17, 15) is 0 Å². The van der Waals surface area contributed by atoms with Crippen molar-refractivity contribution in [2.75, 3.05) is 0 Å². The third-order valence-corrected chi connectivity index (χ3v) is 10.7. The molecular formula is C22H28Si. The van der Waals surface area contributed by atoms with Gasteiger partial charge in [-0.05, 0) is 58.9 Å². The molecule has 2 unspecified atom stereocenters. The van der Waals surface area contributed by atoms with Crippen LogP contribution >= 0.6 is 0 Å². The van der Waals surface area contributed by atoms with Crippen molar-refractivity contribution in [1.82, 2.24) is 0 Å². The monoisotopic (exact) mass is 320 g/mol. The highest BCUT2D eigenvalue weighted by Crippen LogP contribution is 2.44. The number of fused-ring (bicyclic) bond motifs is 2. The van der Waals surface area contributed by atoms with Gasteiger partial charge in [-0.1, -0.05) is 74.6 Å². The highest BCUT2D eigenvalue weighted by atomic mass is 28.3. The van der Waals surface area contributed by atoms with E-state index in [4.69, 9.17) is 0 Å². The van der Waals surface area contributed by atoms with Crippen molar-refractivity contribution in [2.24, 2.45) is 11.8 Å². The molecule has 0 N–H and O–H groups in total. The van der Waals surface area contributed by atoms with Crippen molar-refractivity contribution in [3.8, 4) is 0 Å². The Morgan fingerprint density at radius 2 is 1.57 bits per heavy atom. The van der Waals surface area contributed by atoms with Crippen LogP contribution < -0.4 is 5.19 Å². The van der Waals surface area contributed by atoms with Crippen LogP contribution in [0, 0.1) is 11.8 Å². The molecule has 3 atom stereocenters. The minimum atomic E-state index is -1.55. The van der Waals surface area contributed by atoms with Crippen molar-refractivity contribution in [2.45, 2.75) is 51.7 Å². The molecule has 2 aromatic carbocycles. The van der Waals surface area contributed by atoms with Crippen molar-refractivity contribution in [3.63, 3.8) is 0 Å². The molecule has 0 spiro atoms. The highest BCUT2D eigenvalue weighted by Gasteiger charge is 2.44. The maximum atomic E-state index is 2.62. The lowest BCUT2D eigenvalue weighted by atomic mass is 10.1. The number of rotatable bonds is 2. The Kier molecular flexibility index (Phi) is 3.53. The molecule has 2 aromatic rings. The molecule has 0 saturated heterocycles. The fraction of sp³-hybridized carbons (Fsp3) is 0.455. The molecular weight excluding hydrogens is 292 g/mol. The minimum Gasteiger partial charge on any atom is -0.0650 e. The number of hydrogen-bond acceptors (Lipinski definition) is 0. The van der Waals surface area contributed by atoms with E-state index >= 15 is 0 Å².